The van der Waals surface area contributed by atoms with Crippen LogP contribution in [0, 0.1) is 5.92 Å². The first-order chi connectivity index (χ1) is 9.28. The van der Waals surface area contributed by atoms with Gasteiger partial charge in [-0.25, -0.2) is 0 Å². The van der Waals surface area contributed by atoms with E-state index in [0.717, 1.165) is 18.0 Å². The van der Waals surface area contributed by atoms with Crippen LogP contribution in [0.2, 0.25) is 0 Å². The van der Waals surface area contributed by atoms with Crippen molar-refractivity contribution in [2.45, 2.75) is 49.8 Å². The molecule has 0 radical (unpaired) electrons. The number of hydrogen-bond donors (Lipinski definition) is 1. The minimum Gasteiger partial charge on any atom is -0.326 e. The summed E-state index contributed by atoms with van der Waals surface area (Å²) >= 11 is 1.71. The number of nitrogens with one attached hydrogen (secondary N) is 1. The molecule has 1 N–H and O–H groups in total. The number of thioether (sulfide) groups is 1. The molecule has 1 aliphatic carbocycles. The molecule has 0 bridgehead atoms. The van der Waals surface area contributed by atoms with Crippen LogP contribution in [0.3, 0.4) is 0 Å². The number of amides is 1. The highest BCUT2D eigenvalue weighted by molar-refractivity contribution is 7.98. The molecule has 2 nitrogen and oxygen atoms in total. The van der Waals surface area contributed by atoms with Crippen molar-refractivity contribution in [1.82, 2.24) is 0 Å². The molecule has 2 rings (SSSR count). The highest BCUT2D eigenvalue weighted by Gasteiger charge is 2.14. The van der Waals surface area contributed by atoms with E-state index in [-0.39, 0.29) is 5.91 Å². The maximum Gasteiger partial charge on any atom is 0.224 e. The average molecular weight is 277 g/mol. The third-order valence-corrected chi connectivity index (χ3v) is 4.62. The van der Waals surface area contributed by atoms with Crippen molar-refractivity contribution in [3.8, 4) is 0 Å². The Morgan fingerprint density at radius 3 is 2.53 bits per heavy atom. The predicted molar refractivity (Wildman–Crippen MR) is 82.7 cm³/mol. The molecule has 19 heavy (non-hydrogen) atoms. The van der Waals surface area contributed by atoms with E-state index in [0.29, 0.717) is 6.42 Å². The monoisotopic (exact) mass is 277 g/mol. The minimum absolute atomic E-state index is 0.155. The van der Waals surface area contributed by atoms with Gasteiger partial charge in [0.2, 0.25) is 5.91 Å². The molecule has 1 aliphatic rings. The number of carbonyl (C=O) groups is 1. The van der Waals surface area contributed by atoms with Crippen molar-refractivity contribution in [3.05, 3.63) is 24.3 Å². The summed E-state index contributed by atoms with van der Waals surface area (Å²) in [5.41, 5.74) is 0.909. The van der Waals surface area contributed by atoms with Gasteiger partial charge in [0.05, 0.1) is 0 Å². The second kappa shape index (κ2) is 7.59. The SMILES string of the molecule is CSc1ccc(NC(=O)CCC2CCCCC2)cc1. The van der Waals surface area contributed by atoms with E-state index in [1.54, 1.807) is 11.8 Å². The second-order valence-corrected chi connectivity index (χ2v) is 6.20. The minimum atomic E-state index is 0.155. The molecular weight excluding hydrogens is 254 g/mol. The lowest BCUT2D eigenvalue weighted by atomic mass is 9.86. The molecule has 1 amide bonds. The largest absolute Gasteiger partial charge is 0.326 e. The Morgan fingerprint density at radius 2 is 1.89 bits per heavy atom. The Balaban J connectivity index is 1.73. The lowest BCUT2D eigenvalue weighted by molar-refractivity contribution is -0.116. The number of benzene rings is 1. The molecule has 1 saturated carbocycles. The molecule has 0 aromatic heterocycles. The topological polar surface area (TPSA) is 29.1 Å². The average Bonchev–Trinajstić information content (AvgIpc) is 2.47. The van der Waals surface area contributed by atoms with E-state index >= 15 is 0 Å². The van der Waals surface area contributed by atoms with Gasteiger partial charge >= 0.3 is 0 Å². The third-order valence-electron chi connectivity index (χ3n) is 3.88. The molecule has 0 unspecified atom stereocenters. The molecule has 104 valence electrons. The van der Waals surface area contributed by atoms with Gasteiger partial charge < -0.3 is 5.32 Å². The van der Waals surface area contributed by atoms with Crippen molar-refractivity contribution < 1.29 is 4.79 Å². The van der Waals surface area contributed by atoms with Crippen molar-refractivity contribution in [2.24, 2.45) is 5.92 Å². The van der Waals surface area contributed by atoms with Gasteiger partial charge in [0.15, 0.2) is 0 Å². The number of anilines is 1. The molecule has 0 spiro atoms. The zero-order valence-corrected chi connectivity index (χ0v) is 12.5. The Hall–Kier alpha value is -0.960. The summed E-state index contributed by atoms with van der Waals surface area (Å²) in [6.45, 7) is 0. The maximum absolute atomic E-state index is 11.9. The van der Waals surface area contributed by atoms with Crippen molar-refractivity contribution in [1.29, 1.82) is 0 Å². The fraction of sp³-hybridized carbons (Fsp3) is 0.562. The zero-order valence-electron chi connectivity index (χ0n) is 11.7. The summed E-state index contributed by atoms with van der Waals surface area (Å²) < 4.78 is 0. The van der Waals surface area contributed by atoms with E-state index < -0.39 is 0 Å². The van der Waals surface area contributed by atoms with Crippen LogP contribution in [0.15, 0.2) is 29.2 Å². The highest BCUT2D eigenvalue weighted by Crippen LogP contribution is 2.27. The Morgan fingerprint density at radius 1 is 1.21 bits per heavy atom. The van der Waals surface area contributed by atoms with Crippen molar-refractivity contribution >= 4 is 23.4 Å². The number of rotatable bonds is 5. The Bertz CT molecular complexity index is 396. The summed E-state index contributed by atoms with van der Waals surface area (Å²) in [6, 6.07) is 8.04. The van der Waals surface area contributed by atoms with Gasteiger partial charge in [-0.1, -0.05) is 32.1 Å². The highest BCUT2D eigenvalue weighted by atomic mass is 32.2. The van der Waals surface area contributed by atoms with E-state index in [9.17, 15) is 4.79 Å². The van der Waals surface area contributed by atoms with Gasteiger partial charge in [0.25, 0.3) is 0 Å². The van der Waals surface area contributed by atoms with Crippen LogP contribution in [-0.4, -0.2) is 12.2 Å². The zero-order chi connectivity index (χ0) is 13.5. The standard InChI is InChI=1S/C16H23NOS/c1-19-15-10-8-14(9-11-15)17-16(18)12-7-13-5-3-2-4-6-13/h8-11,13H,2-7,12H2,1H3,(H,17,18). The number of carbonyl (C=O) groups excluding carboxylic acids is 1. The van der Waals surface area contributed by atoms with Crippen LogP contribution in [0.4, 0.5) is 5.69 Å². The summed E-state index contributed by atoms with van der Waals surface area (Å²) in [4.78, 5) is 13.1. The molecule has 0 aliphatic heterocycles. The first-order valence-electron chi connectivity index (χ1n) is 7.22. The third kappa shape index (κ3) is 4.90. The predicted octanol–water partition coefficient (Wildman–Crippen LogP) is 4.71. The fourth-order valence-corrected chi connectivity index (χ4v) is 3.12. The molecule has 1 fully saturated rings. The van der Waals surface area contributed by atoms with Crippen LogP contribution in [0.5, 0.6) is 0 Å². The lowest BCUT2D eigenvalue weighted by Crippen LogP contribution is -2.14. The summed E-state index contributed by atoms with van der Waals surface area (Å²) in [5.74, 6) is 0.931. The molecule has 0 atom stereocenters. The van der Waals surface area contributed by atoms with E-state index in [2.05, 4.69) is 11.6 Å². The Kier molecular flexibility index (Phi) is 5.77. The summed E-state index contributed by atoms with van der Waals surface area (Å²) in [7, 11) is 0. The molecule has 1 aromatic rings. The van der Waals surface area contributed by atoms with Crippen LogP contribution in [0.25, 0.3) is 0 Å². The van der Waals surface area contributed by atoms with Crippen LogP contribution in [-0.2, 0) is 4.79 Å². The smallest absolute Gasteiger partial charge is 0.224 e. The normalized spacial score (nSPS) is 16.3. The molecule has 0 heterocycles. The Labute approximate surface area is 120 Å². The van der Waals surface area contributed by atoms with Crippen LogP contribution in [0.1, 0.15) is 44.9 Å². The van der Waals surface area contributed by atoms with Crippen molar-refractivity contribution in [2.75, 3.05) is 11.6 Å². The molecule has 3 heteroatoms. The van der Waals surface area contributed by atoms with Gasteiger partial charge in [0, 0.05) is 17.0 Å². The maximum atomic E-state index is 11.9. The van der Waals surface area contributed by atoms with Gasteiger partial charge in [-0.3, -0.25) is 4.79 Å². The molecule has 0 saturated heterocycles. The summed E-state index contributed by atoms with van der Waals surface area (Å²) in [5, 5.41) is 2.98. The van der Waals surface area contributed by atoms with Gasteiger partial charge in [-0.2, -0.15) is 0 Å². The van der Waals surface area contributed by atoms with Crippen LogP contribution < -0.4 is 5.32 Å². The summed E-state index contributed by atoms with van der Waals surface area (Å²) in [6.07, 6.45) is 10.5. The van der Waals surface area contributed by atoms with Gasteiger partial charge in [0.1, 0.15) is 0 Å². The fourth-order valence-electron chi connectivity index (χ4n) is 2.71. The molecule has 1 aromatic carbocycles. The van der Waals surface area contributed by atoms with Crippen molar-refractivity contribution in [3.63, 3.8) is 0 Å². The van der Waals surface area contributed by atoms with Gasteiger partial charge in [-0.05, 0) is 42.9 Å². The first kappa shape index (κ1) is 14.4. The quantitative estimate of drug-likeness (QED) is 0.790. The van der Waals surface area contributed by atoms with E-state index in [4.69, 9.17) is 0 Å². The number of hydrogen-bond acceptors (Lipinski definition) is 2. The van der Waals surface area contributed by atoms with E-state index in [1.165, 1.54) is 37.0 Å². The second-order valence-electron chi connectivity index (χ2n) is 5.32. The van der Waals surface area contributed by atoms with E-state index in [1.807, 2.05) is 24.3 Å². The lowest BCUT2D eigenvalue weighted by Gasteiger charge is -2.20. The molecular formula is C16H23NOS. The first-order valence-corrected chi connectivity index (χ1v) is 8.44. The van der Waals surface area contributed by atoms with Gasteiger partial charge in [-0.15, -0.1) is 11.8 Å². The van der Waals surface area contributed by atoms with Crippen LogP contribution >= 0.6 is 11.8 Å².